The molecule has 0 aliphatic heterocycles. The van der Waals surface area contributed by atoms with Crippen molar-refractivity contribution in [1.82, 2.24) is 5.43 Å². The van der Waals surface area contributed by atoms with E-state index in [1.165, 1.54) is 42.6 Å². The van der Waals surface area contributed by atoms with Crippen molar-refractivity contribution in [1.29, 1.82) is 0 Å². The van der Waals surface area contributed by atoms with Crippen molar-refractivity contribution in [3.63, 3.8) is 0 Å². The molecule has 0 saturated heterocycles. The summed E-state index contributed by atoms with van der Waals surface area (Å²) in [5.41, 5.74) is 2.90. The van der Waals surface area contributed by atoms with Gasteiger partial charge in [0.15, 0.2) is 0 Å². The first-order chi connectivity index (χ1) is 15.1. The minimum atomic E-state index is -3.80. The molecule has 0 aliphatic rings. The lowest BCUT2D eigenvalue weighted by Gasteiger charge is -2.21. The highest BCUT2D eigenvalue weighted by molar-refractivity contribution is 7.92. The van der Waals surface area contributed by atoms with Crippen molar-refractivity contribution >= 4 is 33.5 Å². The number of benzene rings is 2. The van der Waals surface area contributed by atoms with Gasteiger partial charge in [0.1, 0.15) is 23.9 Å². The topological polar surface area (TPSA) is 135 Å². The monoisotopic (exact) mass is 460 g/mol. The number of halogens is 1. The van der Waals surface area contributed by atoms with E-state index < -0.39 is 33.2 Å². The zero-order valence-electron chi connectivity index (χ0n) is 16.6. The summed E-state index contributed by atoms with van der Waals surface area (Å²) in [7, 11) is -3.80. The lowest BCUT2D eigenvalue weighted by molar-refractivity contribution is -0.384. The molecule has 3 rings (SSSR count). The van der Waals surface area contributed by atoms with E-state index in [1.807, 2.05) is 0 Å². The number of hydrogen-bond donors (Lipinski definition) is 1. The normalized spacial score (nSPS) is 11.4. The molecule has 0 fully saturated rings. The number of nitro benzene ring substituents is 1. The highest BCUT2D eigenvalue weighted by Crippen LogP contribution is 2.24. The molecule has 12 heteroatoms. The summed E-state index contributed by atoms with van der Waals surface area (Å²) in [6, 6.07) is 13.6. The number of sulfonamides is 1. The Morgan fingerprint density at radius 1 is 1.16 bits per heavy atom. The van der Waals surface area contributed by atoms with Gasteiger partial charge in [-0.05, 0) is 48.5 Å². The number of nitrogens with zero attached hydrogens (tertiary/aromatic N) is 3. The average molecular weight is 460 g/mol. The second-order valence-electron chi connectivity index (χ2n) is 6.55. The molecule has 1 aromatic heterocycles. The largest absolute Gasteiger partial charge is 0.455 e. The fourth-order valence-corrected chi connectivity index (χ4v) is 3.52. The number of carbonyl (C=O) groups excluding carboxylic acids is 1. The van der Waals surface area contributed by atoms with Crippen LogP contribution in [-0.2, 0) is 14.8 Å². The first-order valence-electron chi connectivity index (χ1n) is 9.03. The number of nitro groups is 1. The molecule has 0 spiro atoms. The van der Waals surface area contributed by atoms with Gasteiger partial charge in [0.25, 0.3) is 11.6 Å². The molecular formula is C20H17FN4O6S. The fraction of sp³-hybridized carbons (Fsp3) is 0.100. The number of rotatable bonds is 8. The van der Waals surface area contributed by atoms with Crippen molar-refractivity contribution in [3.05, 3.63) is 82.4 Å². The number of furan rings is 1. The minimum absolute atomic E-state index is 0.0476. The average Bonchev–Trinajstić information content (AvgIpc) is 3.21. The lowest BCUT2D eigenvalue weighted by atomic mass is 10.1. The highest BCUT2D eigenvalue weighted by atomic mass is 32.2. The van der Waals surface area contributed by atoms with E-state index in [-0.39, 0.29) is 17.1 Å². The molecule has 3 aromatic rings. The van der Waals surface area contributed by atoms with Crippen molar-refractivity contribution in [3.8, 4) is 11.3 Å². The predicted octanol–water partition coefficient (Wildman–Crippen LogP) is 2.91. The van der Waals surface area contributed by atoms with E-state index in [4.69, 9.17) is 4.42 Å². The fourth-order valence-electron chi connectivity index (χ4n) is 2.67. The van der Waals surface area contributed by atoms with Crippen LogP contribution in [0, 0.1) is 15.9 Å². The first-order valence-corrected chi connectivity index (χ1v) is 10.9. The Morgan fingerprint density at radius 2 is 1.81 bits per heavy atom. The van der Waals surface area contributed by atoms with E-state index in [2.05, 4.69) is 10.5 Å². The van der Waals surface area contributed by atoms with E-state index in [9.17, 15) is 27.7 Å². The van der Waals surface area contributed by atoms with Crippen LogP contribution in [0.3, 0.4) is 0 Å². The standard InChI is InChI=1S/C20H17FN4O6S/c1-32(29,30)24(16-8-4-15(21)5-9-16)13-20(26)23-22-12-18-10-11-19(31-18)14-2-6-17(7-3-14)25(27)28/h2-12H,13H2,1H3,(H,23,26)/b22-12-. The SMILES string of the molecule is CS(=O)(=O)N(CC(=O)N/N=C\c1ccc(-c2ccc([N+](=O)[O-])cc2)o1)c1ccc(F)cc1. The van der Waals surface area contributed by atoms with Crippen LogP contribution in [0.4, 0.5) is 15.8 Å². The van der Waals surface area contributed by atoms with Gasteiger partial charge in [0.2, 0.25) is 10.0 Å². The number of hydrazone groups is 1. The Balaban J connectivity index is 1.63. The summed E-state index contributed by atoms with van der Waals surface area (Å²) in [5.74, 6) is -0.537. The molecule has 2 aromatic carbocycles. The van der Waals surface area contributed by atoms with E-state index in [0.29, 0.717) is 11.3 Å². The van der Waals surface area contributed by atoms with Gasteiger partial charge in [-0.3, -0.25) is 19.2 Å². The van der Waals surface area contributed by atoms with Crippen LogP contribution < -0.4 is 9.73 Å². The first kappa shape index (κ1) is 22.6. The number of nitrogens with one attached hydrogen (secondary N) is 1. The molecule has 166 valence electrons. The number of hydrogen-bond acceptors (Lipinski definition) is 7. The van der Waals surface area contributed by atoms with Gasteiger partial charge < -0.3 is 4.42 Å². The van der Waals surface area contributed by atoms with Crippen LogP contribution in [0.15, 0.2) is 70.2 Å². The molecule has 1 heterocycles. The van der Waals surface area contributed by atoms with Gasteiger partial charge in [0, 0.05) is 17.7 Å². The Bertz CT molecular complexity index is 1250. The van der Waals surface area contributed by atoms with Gasteiger partial charge in [-0.1, -0.05) is 0 Å². The number of carbonyl (C=O) groups is 1. The zero-order valence-corrected chi connectivity index (χ0v) is 17.5. The Morgan fingerprint density at radius 3 is 2.41 bits per heavy atom. The molecule has 10 nitrogen and oxygen atoms in total. The van der Waals surface area contributed by atoms with E-state index in [0.717, 1.165) is 22.7 Å². The summed E-state index contributed by atoms with van der Waals surface area (Å²) in [4.78, 5) is 22.4. The van der Waals surface area contributed by atoms with Crippen molar-refractivity contribution in [2.45, 2.75) is 0 Å². The second-order valence-corrected chi connectivity index (χ2v) is 8.45. The third-order valence-corrected chi connectivity index (χ3v) is 5.31. The van der Waals surface area contributed by atoms with Crippen LogP contribution in [0.5, 0.6) is 0 Å². The lowest BCUT2D eigenvalue weighted by Crippen LogP contribution is -2.39. The van der Waals surface area contributed by atoms with Crippen LogP contribution in [0.1, 0.15) is 5.76 Å². The maximum atomic E-state index is 13.1. The molecular weight excluding hydrogens is 443 g/mol. The smallest absolute Gasteiger partial charge is 0.269 e. The molecule has 0 unspecified atom stereocenters. The van der Waals surface area contributed by atoms with Crippen LogP contribution in [0.2, 0.25) is 0 Å². The second kappa shape index (κ2) is 9.39. The molecule has 1 amide bonds. The molecule has 1 N–H and O–H groups in total. The van der Waals surface area contributed by atoms with E-state index in [1.54, 1.807) is 12.1 Å². The molecule has 0 aliphatic carbocycles. The summed E-state index contributed by atoms with van der Waals surface area (Å²) < 4.78 is 43.5. The van der Waals surface area contributed by atoms with Crippen molar-refractivity contribution < 1.29 is 26.9 Å². The Labute approximate surface area is 182 Å². The molecule has 0 radical (unpaired) electrons. The summed E-state index contributed by atoms with van der Waals surface area (Å²) in [6.45, 7) is -0.562. The quantitative estimate of drug-likeness (QED) is 0.312. The van der Waals surface area contributed by atoms with Crippen molar-refractivity contribution in [2.75, 3.05) is 17.1 Å². The Kier molecular flexibility index (Phi) is 6.64. The maximum absolute atomic E-state index is 13.1. The molecule has 0 saturated carbocycles. The minimum Gasteiger partial charge on any atom is -0.455 e. The van der Waals surface area contributed by atoms with Crippen molar-refractivity contribution in [2.24, 2.45) is 5.10 Å². The number of non-ortho nitro benzene ring substituents is 1. The third kappa shape index (κ3) is 5.76. The van der Waals surface area contributed by atoms with E-state index >= 15 is 0 Å². The van der Waals surface area contributed by atoms with Crippen LogP contribution >= 0.6 is 0 Å². The molecule has 0 atom stereocenters. The molecule has 32 heavy (non-hydrogen) atoms. The highest BCUT2D eigenvalue weighted by Gasteiger charge is 2.20. The van der Waals surface area contributed by atoms with Gasteiger partial charge in [0.05, 0.1) is 23.1 Å². The zero-order chi connectivity index (χ0) is 23.3. The van der Waals surface area contributed by atoms with Crippen LogP contribution in [0.25, 0.3) is 11.3 Å². The van der Waals surface area contributed by atoms with Gasteiger partial charge >= 0.3 is 0 Å². The molecule has 0 bridgehead atoms. The third-order valence-electron chi connectivity index (χ3n) is 4.17. The predicted molar refractivity (Wildman–Crippen MR) is 115 cm³/mol. The summed E-state index contributed by atoms with van der Waals surface area (Å²) in [5, 5.41) is 14.5. The van der Waals surface area contributed by atoms with Gasteiger partial charge in [-0.2, -0.15) is 5.10 Å². The van der Waals surface area contributed by atoms with Gasteiger partial charge in [-0.25, -0.2) is 18.2 Å². The number of amides is 1. The Hall–Kier alpha value is -4.06. The number of anilines is 1. The summed E-state index contributed by atoms with van der Waals surface area (Å²) in [6.07, 6.45) is 2.14. The van der Waals surface area contributed by atoms with Crippen LogP contribution in [-0.4, -0.2) is 38.3 Å². The van der Waals surface area contributed by atoms with Gasteiger partial charge in [-0.15, -0.1) is 0 Å². The maximum Gasteiger partial charge on any atom is 0.269 e. The summed E-state index contributed by atoms with van der Waals surface area (Å²) >= 11 is 0.